The maximum absolute atomic E-state index is 13.6. The average molecular weight is 556 g/mol. The number of nitrogens with one attached hydrogen (secondary N) is 2. The zero-order valence-corrected chi connectivity index (χ0v) is 25.1. The summed E-state index contributed by atoms with van der Waals surface area (Å²) in [6.07, 6.45) is 0.441. The van der Waals surface area contributed by atoms with Crippen molar-refractivity contribution in [2.24, 2.45) is 11.3 Å². The van der Waals surface area contributed by atoms with Crippen LogP contribution in [-0.4, -0.2) is 62.9 Å². The number of anilines is 1. The first-order valence-corrected chi connectivity index (χ1v) is 13.9. The van der Waals surface area contributed by atoms with E-state index in [-0.39, 0.29) is 48.7 Å². The summed E-state index contributed by atoms with van der Waals surface area (Å²) in [5.74, 6) is 0.328. The number of aliphatic hydroxyl groups is 1. The Morgan fingerprint density at radius 2 is 1.77 bits per heavy atom. The van der Waals surface area contributed by atoms with Crippen LogP contribution in [0.5, 0.6) is 0 Å². The molecule has 0 bridgehead atoms. The number of ether oxygens (including phenoxy) is 2. The molecule has 2 heterocycles. The molecular formula is C30H45N5O5. The number of carbonyl (C=O) groups excluding carboxylic acids is 2. The Morgan fingerprint density at radius 1 is 1.07 bits per heavy atom. The minimum atomic E-state index is -1.02. The molecule has 220 valence electrons. The molecule has 3 aromatic rings. The van der Waals surface area contributed by atoms with Crippen molar-refractivity contribution in [3.8, 4) is 0 Å². The van der Waals surface area contributed by atoms with Crippen LogP contribution in [0.25, 0.3) is 21.9 Å². The second-order valence-electron chi connectivity index (χ2n) is 12.5. The molecule has 0 radical (unpaired) electrons. The lowest BCUT2D eigenvalue weighted by Crippen LogP contribution is -2.46. The first-order chi connectivity index (χ1) is 18.7. The molecule has 40 heavy (non-hydrogen) atoms. The van der Waals surface area contributed by atoms with Crippen molar-refractivity contribution in [1.82, 2.24) is 19.9 Å². The fraction of sp³-hybridized carbons (Fsp3) is 0.600. The van der Waals surface area contributed by atoms with Gasteiger partial charge >= 0.3 is 0 Å². The lowest BCUT2D eigenvalue weighted by atomic mass is 9.99. The minimum absolute atomic E-state index is 0.0716. The van der Waals surface area contributed by atoms with Crippen LogP contribution in [0, 0.1) is 11.3 Å². The molecule has 0 aliphatic heterocycles. The highest BCUT2D eigenvalue weighted by atomic mass is 16.5. The van der Waals surface area contributed by atoms with Crippen molar-refractivity contribution in [2.45, 2.75) is 86.6 Å². The van der Waals surface area contributed by atoms with E-state index in [9.17, 15) is 14.7 Å². The summed E-state index contributed by atoms with van der Waals surface area (Å²) in [6.45, 7) is 16.8. The molecule has 0 aliphatic rings. The van der Waals surface area contributed by atoms with Gasteiger partial charge in [0, 0.05) is 12.0 Å². The number of aromatic nitrogens is 3. The molecule has 1 aromatic carbocycles. The van der Waals surface area contributed by atoms with Crippen LogP contribution in [-0.2, 0) is 32.2 Å². The standard InChI is InChI=1S/C30H45N5O5/c1-9-39-15-23-33-25-26(35(23)17-30(7,8)38)20-12-10-11-13-21(20)32-27(25)34-28(37)22(14-19(2)3)31-24(36)16-40-18-29(4,5)6/h10-13,19,22,38H,9,14-18H2,1-8H3,(H,31,36)(H,32,34,37)/t22-/m0/s1. The molecule has 2 aromatic heterocycles. The van der Waals surface area contributed by atoms with Gasteiger partial charge in [-0.25, -0.2) is 9.97 Å². The van der Waals surface area contributed by atoms with Crippen LogP contribution >= 0.6 is 0 Å². The van der Waals surface area contributed by atoms with Crippen LogP contribution in [0.2, 0.25) is 0 Å². The number of pyridine rings is 1. The Hall–Kier alpha value is -3.08. The molecule has 0 aliphatic carbocycles. The number of carbonyl (C=O) groups is 2. The van der Waals surface area contributed by atoms with Gasteiger partial charge < -0.3 is 29.8 Å². The molecule has 0 fully saturated rings. The van der Waals surface area contributed by atoms with Gasteiger partial charge in [-0.2, -0.15) is 0 Å². The van der Waals surface area contributed by atoms with Crippen LogP contribution in [0.15, 0.2) is 24.3 Å². The molecule has 0 spiro atoms. The molecule has 3 rings (SSSR count). The van der Waals surface area contributed by atoms with Gasteiger partial charge in [-0.05, 0) is 44.6 Å². The van der Waals surface area contributed by atoms with Gasteiger partial charge in [0.2, 0.25) is 11.8 Å². The van der Waals surface area contributed by atoms with Gasteiger partial charge in [0.25, 0.3) is 0 Å². The Balaban J connectivity index is 2.00. The Bertz CT molecular complexity index is 1320. The first-order valence-electron chi connectivity index (χ1n) is 13.9. The van der Waals surface area contributed by atoms with Crippen molar-refractivity contribution in [2.75, 3.05) is 25.1 Å². The van der Waals surface area contributed by atoms with Crippen LogP contribution in [0.3, 0.4) is 0 Å². The van der Waals surface area contributed by atoms with E-state index in [1.54, 1.807) is 13.8 Å². The third-order valence-electron chi connectivity index (χ3n) is 6.01. The summed E-state index contributed by atoms with van der Waals surface area (Å²) in [5.41, 5.74) is 0.819. The number of hydrogen-bond acceptors (Lipinski definition) is 7. The largest absolute Gasteiger partial charge is 0.389 e. The summed E-state index contributed by atoms with van der Waals surface area (Å²) >= 11 is 0. The van der Waals surface area contributed by atoms with Crippen molar-refractivity contribution in [1.29, 1.82) is 0 Å². The maximum Gasteiger partial charge on any atom is 0.248 e. The lowest BCUT2D eigenvalue weighted by molar-refractivity contribution is -0.130. The Kier molecular flexibility index (Phi) is 10.3. The van der Waals surface area contributed by atoms with E-state index in [1.165, 1.54) is 0 Å². The normalized spacial score (nSPS) is 13.2. The first kappa shape index (κ1) is 31.4. The predicted molar refractivity (Wildman–Crippen MR) is 157 cm³/mol. The number of hydrogen-bond donors (Lipinski definition) is 3. The topological polar surface area (TPSA) is 128 Å². The molecule has 10 nitrogen and oxygen atoms in total. The van der Waals surface area contributed by atoms with Crippen LogP contribution in [0.1, 0.15) is 67.6 Å². The molecule has 3 N–H and O–H groups in total. The third kappa shape index (κ3) is 8.71. The highest BCUT2D eigenvalue weighted by molar-refractivity contribution is 6.10. The molecule has 0 saturated heterocycles. The van der Waals surface area contributed by atoms with Crippen LogP contribution in [0.4, 0.5) is 5.82 Å². The maximum atomic E-state index is 13.6. The van der Waals surface area contributed by atoms with Crippen molar-refractivity contribution >= 4 is 39.6 Å². The van der Waals surface area contributed by atoms with Gasteiger partial charge in [0.15, 0.2) is 5.82 Å². The van der Waals surface area contributed by atoms with Crippen molar-refractivity contribution in [3.05, 3.63) is 30.1 Å². The SMILES string of the molecule is CCOCc1nc2c(NC(=O)[C@H](CC(C)C)NC(=O)COCC(C)(C)C)nc3ccccc3c2n1CC(C)(C)O. The quantitative estimate of drug-likeness (QED) is 0.285. The summed E-state index contributed by atoms with van der Waals surface area (Å²) in [5, 5.41) is 17.3. The summed E-state index contributed by atoms with van der Waals surface area (Å²) < 4.78 is 13.2. The minimum Gasteiger partial charge on any atom is -0.389 e. The fourth-order valence-electron chi connectivity index (χ4n) is 4.42. The van der Waals surface area contributed by atoms with E-state index in [4.69, 9.17) is 19.4 Å². The monoisotopic (exact) mass is 555 g/mol. The van der Waals surface area contributed by atoms with E-state index in [2.05, 4.69) is 10.6 Å². The second-order valence-corrected chi connectivity index (χ2v) is 12.5. The molecule has 0 unspecified atom stereocenters. The van der Waals surface area contributed by atoms with Gasteiger partial charge in [0.05, 0.1) is 29.8 Å². The zero-order valence-electron chi connectivity index (χ0n) is 25.1. The van der Waals surface area contributed by atoms with E-state index < -0.39 is 11.6 Å². The van der Waals surface area contributed by atoms with Gasteiger partial charge in [-0.15, -0.1) is 0 Å². The average Bonchev–Trinajstić information content (AvgIpc) is 3.18. The number of rotatable bonds is 13. The number of amides is 2. The number of nitrogens with zero attached hydrogens (tertiary/aromatic N) is 3. The summed E-state index contributed by atoms with van der Waals surface area (Å²) in [4.78, 5) is 35.8. The second kappa shape index (κ2) is 13.1. The van der Waals surface area contributed by atoms with E-state index in [0.717, 1.165) is 10.9 Å². The Labute approximate surface area is 236 Å². The highest BCUT2D eigenvalue weighted by Crippen LogP contribution is 2.31. The summed E-state index contributed by atoms with van der Waals surface area (Å²) in [7, 11) is 0. The number of benzene rings is 1. The molecule has 0 saturated carbocycles. The van der Waals surface area contributed by atoms with Crippen molar-refractivity contribution in [3.63, 3.8) is 0 Å². The van der Waals surface area contributed by atoms with Gasteiger partial charge in [0.1, 0.15) is 30.6 Å². The van der Waals surface area contributed by atoms with Gasteiger partial charge in [-0.1, -0.05) is 52.8 Å². The molecule has 10 heteroatoms. The van der Waals surface area contributed by atoms with Gasteiger partial charge in [-0.3, -0.25) is 9.59 Å². The van der Waals surface area contributed by atoms with E-state index in [0.29, 0.717) is 36.5 Å². The highest BCUT2D eigenvalue weighted by Gasteiger charge is 2.27. The predicted octanol–water partition coefficient (Wildman–Crippen LogP) is 4.42. The number of para-hydroxylation sites is 1. The summed E-state index contributed by atoms with van der Waals surface area (Å²) in [6, 6.07) is 6.83. The number of fused-ring (bicyclic) bond motifs is 3. The fourth-order valence-corrected chi connectivity index (χ4v) is 4.42. The molecule has 2 amide bonds. The van der Waals surface area contributed by atoms with E-state index >= 15 is 0 Å². The van der Waals surface area contributed by atoms with Crippen LogP contribution < -0.4 is 10.6 Å². The molecular weight excluding hydrogens is 510 g/mol. The lowest BCUT2D eigenvalue weighted by Gasteiger charge is -2.22. The third-order valence-corrected chi connectivity index (χ3v) is 6.01. The zero-order chi connectivity index (χ0) is 29.7. The number of imidazole rings is 1. The van der Waals surface area contributed by atoms with Crippen molar-refractivity contribution < 1.29 is 24.2 Å². The van der Waals surface area contributed by atoms with E-state index in [1.807, 2.05) is 70.4 Å². The smallest absolute Gasteiger partial charge is 0.248 e. The molecule has 1 atom stereocenters. The Morgan fingerprint density at radius 3 is 2.40 bits per heavy atom.